The highest BCUT2D eigenvalue weighted by molar-refractivity contribution is 5.85. The molecule has 2 aromatic rings. The van der Waals surface area contributed by atoms with Crippen LogP contribution in [0.25, 0.3) is 0 Å². The van der Waals surface area contributed by atoms with E-state index in [9.17, 15) is 4.79 Å². The summed E-state index contributed by atoms with van der Waals surface area (Å²) in [5.41, 5.74) is 3.54. The Hall–Kier alpha value is -1.85. The van der Waals surface area contributed by atoms with Crippen LogP contribution in [0.3, 0.4) is 0 Å². The molecule has 1 fully saturated rings. The SMILES string of the molecule is Cc1ccc(C(C)N(C)C(=O)[C@H]2CNC[C@@H]2c2cnn(C)c2)cc1.Cl. The van der Waals surface area contributed by atoms with E-state index in [1.54, 1.807) is 4.68 Å². The number of amides is 1. The number of aryl methyl sites for hydroxylation is 2. The van der Waals surface area contributed by atoms with Crippen LogP contribution < -0.4 is 5.32 Å². The van der Waals surface area contributed by atoms with Gasteiger partial charge in [-0.15, -0.1) is 12.4 Å². The Kier molecular flexibility index (Phi) is 6.25. The van der Waals surface area contributed by atoms with Crippen LogP contribution in [-0.2, 0) is 11.8 Å². The Bertz CT molecular complexity index is 712. The molecule has 0 radical (unpaired) electrons. The fraction of sp³-hybridized carbons (Fsp3) is 0.474. The maximum absolute atomic E-state index is 13.1. The third-order valence-electron chi connectivity index (χ3n) is 5.17. The number of nitrogens with zero attached hydrogens (tertiary/aromatic N) is 3. The van der Waals surface area contributed by atoms with Crippen LogP contribution >= 0.6 is 12.4 Å². The Morgan fingerprint density at radius 2 is 2.00 bits per heavy atom. The van der Waals surface area contributed by atoms with Crippen molar-refractivity contribution in [1.29, 1.82) is 0 Å². The van der Waals surface area contributed by atoms with E-state index in [0.717, 1.165) is 18.7 Å². The number of nitrogens with one attached hydrogen (secondary N) is 1. The molecule has 0 aliphatic carbocycles. The number of benzene rings is 1. The van der Waals surface area contributed by atoms with Gasteiger partial charge >= 0.3 is 0 Å². The molecule has 1 saturated heterocycles. The fourth-order valence-electron chi connectivity index (χ4n) is 3.44. The van der Waals surface area contributed by atoms with Crippen molar-refractivity contribution in [2.45, 2.75) is 25.8 Å². The minimum Gasteiger partial charge on any atom is -0.339 e. The summed E-state index contributed by atoms with van der Waals surface area (Å²) in [6, 6.07) is 8.47. The highest BCUT2D eigenvalue weighted by Gasteiger charge is 2.37. The maximum atomic E-state index is 13.1. The van der Waals surface area contributed by atoms with Gasteiger partial charge in [0.1, 0.15) is 0 Å². The number of hydrogen-bond donors (Lipinski definition) is 1. The monoisotopic (exact) mass is 362 g/mol. The van der Waals surface area contributed by atoms with Crippen LogP contribution in [0.1, 0.15) is 35.6 Å². The third-order valence-corrected chi connectivity index (χ3v) is 5.17. The fourth-order valence-corrected chi connectivity index (χ4v) is 3.44. The predicted molar refractivity (Wildman–Crippen MR) is 102 cm³/mol. The molecule has 5 nitrogen and oxygen atoms in total. The smallest absolute Gasteiger partial charge is 0.227 e. The second-order valence-electron chi connectivity index (χ2n) is 6.85. The van der Waals surface area contributed by atoms with Gasteiger partial charge in [-0.3, -0.25) is 9.48 Å². The van der Waals surface area contributed by atoms with Gasteiger partial charge in [-0.25, -0.2) is 0 Å². The summed E-state index contributed by atoms with van der Waals surface area (Å²) in [4.78, 5) is 15.0. The maximum Gasteiger partial charge on any atom is 0.227 e. The largest absolute Gasteiger partial charge is 0.339 e. The average molecular weight is 363 g/mol. The van der Waals surface area contributed by atoms with Gasteiger partial charge in [-0.2, -0.15) is 5.10 Å². The number of aromatic nitrogens is 2. The molecule has 0 bridgehead atoms. The molecular weight excluding hydrogens is 336 g/mol. The molecule has 6 heteroatoms. The summed E-state index contributed by atoms with van der Waals surface area (Å²) < 4.78 is 1.80. The predicted octanol–water partition coefficient (Wildman–Crippen LogP) is 2.67. The highest BCUT2D eigenvalue weighted by atomic mass is 35.5. The molecule has 25 heavy (non-hydrogen) atoms. The number of hydrogen-bond acceptors (Lipinski definition) is 3. The molecule has 1 aliphatic rings. The Morgan fingerprint density at radius 1 is 1.32 bits per heavy atom. The third kappa shape index (κ3) is 4.05. The summed E-state index contributed by atoms with van der Waals surface area (Å²) in [7, 11) is 3.82. The van der Waals surface area contributed by atoms with E-state index in [1.165, 1.54) is 11.1 Å². The summed E-state index contributed by atoms with van der Waals surface area (Å²) in [5, 5.41) is 7.62. The summed E-state index contributed by atoms with van der Waals surface area (Å²) in [6.07, 6.45) is 3.89. The second-order valence-corrected chi connectivity index (χ2v) is 6.85. The molecule has 1 aromatic carbocycles. The van der Waals surface area contributed by atoms with E-state index in [4.69, 9.17) is 0 Å². The number of rotatable bonds is 4. The number of halogens is 1. The highest BCUT2D eigenvalue weighted by Crippen LogP contribution is 2.31. The molecule has 2 heterocycles. The molecule has 1 aromatic heterocycles. The van der Waals surface area contributed by atoms with E-state index in [1.807, 2.05) is 31.4 Å². The second kappa shape index (κ2) is 8.02. The van der Waals surface area contributed by atoms with Gasteiger partial charge in [0.15, 0.2) is 0 Å². The molecule has 1 amide bonds. The molecule has 3 rings (SSSR count). The first-order valence-corrected chi connectivity index (χ1v) is 8.50. The molecular formula is C19H27ClN4O. The van der Waals surface area contributed by atoms with Crippen molar-refractivity contribution in [3.05, 3.63) is 53.3 Å². The van der Waals surface area contributed by atoms with Gasteiger partial charge in [-0.1, -0.05) is 29.8 Å². The van der Waals surface area contributed by atoms with Gasteiger partial charge in [-0.05, 0) is 25.0 Å². The van der Waals surface area contributed by atoms with Crippen LogP contribution in [0.15, 0.2) is 36.7 Å². The first-order chi connectivity index (χ1) is 11.5. The number of carbonyl (C=O) groups is 1. The normalized spacial score (nSPS) is 20.8. The standard InChI is InChI=1S/C19H26N4O.ClH/c1-13-5-7-15(8-6-13)14(2)23(4)19(24)18-11-20-10-17(18)16-9-21-22(3)12-16;/h5-9,12,14,17-18,20H,10-11H2,1-4H3;1H/t14?,17-,18+;/m1./s1. The van der Waals surface area contributed by atoms with Crippen LogP contribution in [0.4, 0.5) is 0 Å². The van der Waals surface area contributed by atoms with Gasteiger partial charge in [0, 0.05) is 39.3 Å². The molecule has 0 spiro atoms. The molecule has 3 atom stereocenters. The number of carbonyl (C=O) groups excluding carboxylic acids is 1. The molecule has 136 valence electrons. The van der Waals surface area contributed by atoms with Crippen molar-refractivity contribution in [3.8, 4) is 0 Å². The van der Waals surface area contributed by atoms with Gasteiger partial charge in [0.05, 0.1) is 18.2 Å². The summed E-state index contributed by atoms with van der Waals surface area (Å²) in [5.74, 6) is 0.355. The van der Waals surface area contributed by atoms with Crippen LogP contribution in [0.2, 0.25) is 0 Å². The average Bonchev–Trinajstić information content (AvgIpc) is 3.22. The van der Waals surface area contributed by atoms with Gasteiger partial charge < -0.3 is 10.2 Å². The molecule has 0 saturated carbocycles. The first-order valence-electron chi connectivity index (χ1n) is 8.50. The van der Waals surface area contributed by atoms with E-state index in [0.29, 0.717) is 0 Å². The zero-order valence-electron chi connectivity index (χ0n) is 15.3. The van der Waals surface area contributed by atoms with Crippen LogP contribution in [0.5, 0.6) is 0 Å². The Morgan fingerprint density at radius 3 is 2.60 bits per heavy atom. The van der Waals surface area contributed by atoms with Crippen LogP contribution in [-0.4, -0.2) is 40.7 Å². The molecule has 1 aliphatic heterocycles. The summed E-state index contributed by atoms with van der Waals surface area (Å²) >= 11 is 0. The van der Waals surface area contributed by atoms with Gasteiger partial charge in [0.25, 0.3) is 0 Å². The van der Waals surface area contributed by atoms with E-state index < -0.39 is 0 Å². The first kappa shape index (κ1) is 19.5. The minimum atomic E-state index is -0.0351. The lowest BCUT2D eigenvalue weighted by atomic mass is 9.89. The minimum absolute atomic E-state index is 0. The van der Waals surface area contributed by atoms with Crippen molar-refractivity contribution in [2.75, 3.05) is 20.1 Å². The summed E-state index contributed by atoms with van der Waals surface area (Å²) in [6.45, 7) is 5.72. The lowest BCUT2D eigenvalue weighted by Gasteiger charge is -2.29. The van der Waals surface area contributed by atoms with E-state index in [-0.39, 0.29) is 36.2 Å². The van der Waals surface area contributed by atoms with Crippen molar-refractivity contribution in [2.24, 2.45) is 13.0 Å². The van der Waals surface area contributed by atoms with Gasteiger partial charge in [0.2, 0.25) is 5.91 Å². The Balaban J connectivity index is 0.00000225. The quantitative estimate of drug-likeness (QED) is 0.909. The van der Waals surface area contributed by atoms with Crippen molar-refractivity contribution >= 4 is 18.3 Å². The lowest BCUT2D eigenvalue weighted by molar-refractivity contribution is -0.136. The Labute approximate surface area is 155 Å². The van der Waals surface area contributed by atoms with Crippen molar-refractivity contribution < 1.29 is 4.79 Å². The van der Waals surface area contributed by atoms with Crippen LogP contribution in [0, 0.1) is 12.8 Å². The topological polar surface area (TPSA) is 50.2 Å². The zero-order valence-corrected chi connectivity index (χ0v) is 16.1. The molecule has 1 N–H and O–H groups in total. The zero-order chi connectivity index (χ0) is 17.3. The van der Waals surface area contributed by atoms with E-state index >= 15 is 0 Å². The van der Waals surface area contributed by atoms with E-state index in [2.05, 4.69) is 48.5 Å². The molecule has 1 unspecified atom stereocenters. The van der Waals surface area contributed by atoms with Crippen molar-refractivity contribution in [3.63, 3.8) is 0 Å². The van der Waals surface area contributed by atoms with Crippen molar-refractivity contribution in [1.82, 2.24) is 20.0 Å². The lowest BCUT2D eigenvalue weighted by Crippen LogP contribution is -2.37.